The van der Waals surface area contributed by atoms with Crippen LogP contribution in [0, 0.1) is 0 Å². The van der Waals surface area contributed by atoms with Gasteiger partial charge in [-0.05, 0) is 36.8 Å². The first-order valence-electron chi connectivity index (χ1n) is 10.2. The lowest BCUT2D eigenvalue weighted by Crippen LogP contribution is -2.46. The van der Waals surface area contributed by atoms with E-state index in [0.29, 0.717) is 24.0 Å². The third-order valence-corrected chi connectivity index (χ3v) is 5.46. The average molecular weight is 471 g/mol. The van der Waals surface area contributed by atoms with Crippen LogP contribution in [0.4, 0.5) is 18.9 Å². The smallest absolute Gasteiger partial charge is 0.417 e. The summed E-state index contributed by atoms with van der Waals surface area (Å²) in [7, 11) is 0.973. The minimum absolute atomic E-state index is 0.0626. The molecular formula is C25H20F3NO5. The number of hydrogen-bond donors (Lipinski definition) is 1. The van der Waals surface area contributed by atoms with Crippen molar-refractivity contribution in [1.29, 1.82) is 0 Å². The predicted molar refractivity (Wildman–Crippen MR) is 117 cm³/mol. The Bertz CT molecular complexity index is 1240. The fraction of sp³-hybridized carbons (Fsp3) is 0.200. The number of fused-ring (bicyclic) bond motifs is 1. The number of rotatable bonds is 5. The van der Waals surface area contributed by atoms with Crippen molar-refractivity contribution in [3.63, 3.8) is 0 Å². The fourth-order valence-corrected chi connectivity index (χ4v) is 3.60. The van der Waals surface area contributed by atoms with Crippen molar-refractivity contribution in [2.24, 2.45) is 0 Å². The van der Waals surface area contributed by atoms with Crippen LogP contribution in [0.1, 0.15) is 34.0 Å². The highest BCUT2D eigenvalue weighted by Crippen LogP contribution is 2.44. The van der Waals surface area contributed by atoms with Crippen LogP contribution in [0.2, 0.25) is 0 Å². The quantitative estimate of drug-likeness (QED) is 0.510. The van der Waals surface area contributed by atoms with Gasteiger partial charge < -0.3 is 19.5 Å². The summed E-state index contributed by atoms with van der Waals surface area (Å²) in [6.45, 7) is 1.74. The molecule has 1 heterocycles. The molecule has 34 heavy (non-hydrogen) atoms. The summed E-state index contributed by atoms with van der Waals surface area (Å²) in [6, 6.07) is 17.6. The molecule has 1 aliphatic heterocycles. The van der Waals surface area contributed by atoms with Gasteiger partial charge in [-0.25, -0.2) is 4.79 Å². The van der Waals surface area contributed by atoms with Gasteiger partial charge in [0.1, 0.15) is 18.1 Å². The zero-order valence-corrected chi connectivity index (χ0v) is 18.2. The Labute approximate surface area is 193 Å². The molecule has 0 saturated carbocycles. The van der Waals surface area contributed by atoms with E-state index in [-0.39, 0.29) is 11.4 Å². The Morgan fingerprint density at radius 3 is 2.47 bits per heavy atom. The maximum absolute atomic E-state index is 13.6. The number of halogens is 3. The van der Waals surface area contributed by atoms with Crippen LogP contribution in [0.15, 0.2) is 66.7 Å². The SMILES string of the molecule is COC(=O)c1cc2c(cc1C(F)(F)F)OC(C)(c1cccc(OCc3ccccc3)c1)C(=O)N2. The standard InChI is InChI=1S/C25H20F3NO5/c1-24(16-9-6-10-17(11-16)33-14-15-7-4-3-5-8-15)23(31)29-20-12-18(22(30)32-2)19(25(26,27)28)13-21(20)34-24/h3-13H,14H2,1-2H3,(H,29,31). The normalized spacial score (nSPS) is 17.3. The number of nitrogens with one attached hydrogen (secondary N) is 1. The first kappa shape index (κ1) is 23.2. The van der Waals surface area contributed by atoms with Gasteiger partial charge >= 0.3 is 12.1 Å². The Hall–Kier alpha value is -4.01. The van der Waals surface area contributed by atoms with Gasteiger partial charge in [0.25, 0.3) is 5.91 Å². The topological polar surface area (TPSA) is 73.9 Å². The molecule has 0 fully saturated rings. The lowest BCUT2D eigenvalue weighted by Gasteiger charge is -2.35. The van der Waals surface area contributed by atoms with Crippen molar-refractivity contribution in [2.45, 2.75) is 25.3 Å². The molecule has 1 aliphatic rings. The van der Waals surface area contributed by atoms with E-state index in [1.54, 1.807) is 24.3 Å². The Balaban J connectivity index is 1.67. The van der Waals surface area contributed by atoms with Crippen LogP contribution in [0.3, 0.4) is 0 Å². The molecule has 0 saturated heterocycles. The number of alkyl halides is 3. The van der Waals surface area contributed by atoms with E-state index in [1.807, 2.05) is 30.3 Å². The molecule has 4 rings (SSSR count). The highest BCUT2D eigenvalue weighted by atomic mass is 19.4. The number of carbonyl (C=O) groups excluding carboxylic acids is 2. The van der Waals surface area contributed by atoms with Gasteiger partial charge in [-0.1, -0.05) is 42.5 Å². The molecule has 1 atom stereocenters. The second-order valence-corrected chi connectivity index (χ2v) is 7.77. The van der Waals surface area contributed by atoms with E-state index in [0.717, 1.165) is 18.7 Å². The Morgan fingerprint density at radius 1 is 1.06 bits per heavy atom. The molecule has 0 spiro atoms. The van der Waals surface area contributed by atoms with Crippen LogP contribution < -0.4 is 14.8 Å². The van der Waals surface area contributed by atoms with Crippen LogP contribution in [0.25, 0.3) is 0 Å². The highest BCUT2D eigenvalue weighted by molar-refractivity contribution is 6.03. The van der Waals surface area contributed by atoms with Crippen molar-refractivity contribution < 1.29 is 37.0 Å². The summed E-state index contributed by atoms with van der Waals surface area (Å²) in [4.78, 5) is 24.9. The minimum Gasteiger partial charge on any atom is -0.489 e. The minimum atomic E-state index is -4.84. The van der Waals surface area contributed by atoms with Gasteiger partial charge in [0.2, 0.25) is 5.60 Å². The summed E-state index contributed by atoms with van der Waals surface area (Å²) >= 11 is 0. The maximum Gasteiger partial charge on any atom is 0.417 e. The van der Waals surface area contributed by atoms with Gasteiger partial charge in [0.15, 0.2) is 0 Å². The number of methoxy groups -OCH3 is 1. The number of carbonyl (C=O) groups is 2. The molecule has 0 bridgehead atoms. The van der Waals surface area contributed by atoms with Gasteiger partial charge in [-0.15, -0.1) is 0 Å². The summed E-state index contributed by atoms with van der Waals surface area (Å²) < 4.78 is 56.9. The summed E-state index contributed by atoms with van der Waals surface area (Å²) in [5.41, 5.74) is -2.33. The second-order valence-electron chi connectivity index (χ2n) is 7.77. The molecule has 3 aromatic carbocycles. The Kier molecular flexibility index (Phi) is 5.95. The van der Waals surface area contributed by atoms with E-state index in [2.05, 4.69) is 10.1 Å². The molecule has 1 amide bonds. The van der Waals surface area contributed by atoms with Crippen molar-refractivity contribution in [3.8, 4) is 11.5 Å². The average Bonchev–Trinajstić information content (AvgIpc) is 2.82. The zero-order chi connectivity index (χ0) is 24.5. The number of benzene rings is 3. The largest absolute Gasteiger partial charge is 0.489 e. The fourth-order valence-electron chi connectivity index (χ4n) is 3.60. The monoisotopic (exact) mass is 471 g/mol. The lowest BCUT2D eigenvalue weighted by atomic mass is 9.92. The molecule has 1 unspecified atom stereocenters. The third kappa shape index (κ3) is 4.41. The number of amides is 1. The molecule has 9 heteroatoms. The number of ether oxygens (including phenoxy) is 3. The number of esters is 1. The highest BCUT2D eigenvalue weighted by Gasteiger charge is 2.44. The van der Waals surface area contributed by atoms with E-state index in [9.17, 15) is 22.8 Å². The van der Waals surface area contributed by atoms with Crippen LogP contribution in [0.5, 0.6) is 11.5 Å². The molecule has 176 valence electrons. The Morgan fingerprint density at radius 2 is 1.79 bits per heavy atom. The van der Waals surface area contributed by atoms with Crippen LogP contribution in [-0.2, 0) is 27.9 Å². The van der Waals surface area contributed by atoms with Gasteiger partial charge in [-0.2, -0.15) is 13.2 Å². The van der Waals surface area contributed by atoms with E-state index in [4.69, 9.17) is 9.47 Å². The molecule has 0 radical (unpaired) electrons. The molecular weight excluding hydrogens is 451 g/mol. The van der Waals surface area contributed by atoms with Crippen molar-refractivity contribution in [3.05, 3.63) is 89.0 Å². The van der Waals surface area contributed by atoms with Gasteiger partial charge in [-0.3, -0.25) is 4.79 Å². The van der Waals surface area contributed by atoms with Gasteiger partial charge in [0, 0.05) is 5.56 Å². The van der Waals surface area contributed by atoms with Crippen molar-refractivity contribution in [1.82, 2.24) is 0 Å². The predicted octanol–water partition coefficient (Wildman–Crippen LogP) is 5.32. The molecule has 1 N–H and O–H groups in total. The third-order valence-electron chi connectivity index (χ3n) is 5.46. The summed E-state index contributed by atoms with van der Waals surface area (Å²) in [5, 5.41) is 2.54. The number of anilines is 1. The number of hydrogen-bond acceptors (Lipinski definition) is 5. The van der Waals surface area contributed by atoms with Crippen molar-refractivity contribution >= 4 is 17.6 Å². The zero-order valence-electron chi connectivity index (χ0n) is 18.2. The van der Waals surface area contributed by atoms with E-state index in [1.165, 1.54) is 6.92 Å². The summed E-state index contributed by atoms with van der Waals surface area (Å²) in [5.74, 6) is -1.56. The second kappa shape index (κ2) is 8.74. The molecule has 6 nitrogen and oxygen atoms in total. The van der Waals surface area contributed by atoms with Crippen LogP contribution in [-0.4, -0.2) is 19.0 Å². The van der Waals surface area contributed by atoms with E-state index < -0.39 is 34.8 Å². The van der Waals surface area contributed by atoms with Crippen molar-refractivity contribution in [2.75, 3.05) is 12.4 Å². The van der Waals surface area contributed by atoms with Crippen LogP contribution >= 0.6 is 0 Å². The maximum atomic E-state index is 13.6. The molecule has 3 aromatic rings. The summed E-state index contributed by atoms with van der Waals surface area (Å²) in [6.07, 6.45) is -4.84. The first-order valence-corrected chi connectivity index (χ1v) is 10.2. The molecule has 0 aliphatic carbocycles. The van der Waals surface area contributed by atoms with E-state index >= 15 is 0 Å². The lowest BCUT2D eigenvalue weighted by molar-refractivity contribution is -0.138. The molecule has 0 aromatic heterocycles. The first-order chi connectivity index (χ1) is 16.1. The van der Waals surface area contributed by atoms with Gasteiger partial charge in [0.05, 0.1) is 23.9 Å².